The summed E-state index contributed by atoms with van der Waals surface area (Å²) in [5, 5.41) is 9.57. The Morgan fingerprint density at radius 1 is 1.17 bits per heavy atom. The summed E-state index contributed by atoms with van der Waals surface area (Å²) in [6.07, 6.45) is 0.999. The Kier molecular flexibility index (Phi) is 7.68. The predicted molar refractivity (Wildman–Crippen MR) is 121 cm³/mol. The largest absolute Gasteiger partial charge is 0.488 e. The summed E-state index contributed by atoms with van der Waals surface area (Å²) in [6.45, 7) is 4.36. The van der Waals surface area contributed by atoms with Crippen LogP contribution in [0.25, 0.3) is 0 Å². The number of carbonyl (C=O) groups excluding carboxylic acids is 1. The fraction of sp³-hybridized carbons (Fsp3) is 0.391. The number of hydrogen-bond donors (Lipinski definition) is 3. The molecule has 0 radical (unpaired) electrons. The molecular formula is C23H31N5O2. The van der Waals surface area contributed by atoms with Gasteiger partial charge in [-0.1, -0.05) is 30.3 Å². The number of anilines is 1. The summed E-state index contributed by atoms with van der Waals surface area (Å²) in [4.78, 5) is 18.5. The van der Waals surface area contributed by atoms with Gasteiger partial charge in [0.2, 0.25) is 5.91 Å². The first kappa shape index (κ1) is 21.6. The maximum atomic E-state index is 12.0. The van der Waals surface area contributed by atoms with Crippen molar-refractivity contribution in [2.75, 3.05) is 39.0 Å². The lowest BCUT2D eigenvalue weighted by molar-refractivity contribution is -0.116. The van der Waals surface area contributed by atoms with Crippen molar-refractivity contribution in [3.05, 3.63) is 59.7 Å². The number of likely N-dealkylation sites (N-methyl/N-ethyl adjacent to an activating group) is 1. The number of guanidine groups is 1. The Hall–Kier alpha value is -3.06. The number of para-hydroxylation sites is 1. The van der Waals surface area contributed by atoms with E-state index >= 15 is 0 Å². The number of aliphatic imine (C=N–C) groups is 1. The minimum Gasteiger partial charge on any atom is -0.488 e. The van der Waals surface area contributed by atoms with Gasteiger partial charge in [-0.2, -0.15) is 0 Å². The second kappa shape index (κ2) is 10.6. The third kappa shape index (κ3) is 6.49. The zero-order valence-corrected chi connectivity index (χ0v) is 17.9. The molecule has 7 heteroatoms. The quantitative estimate of drug-likeness (QED) is 0.460. The van der Waals surface area contributed by atoms with Crippen molar-refractivity contribution in [3.63, 3.8) is 0 Å². The smallest absolute Gasteiger partial charge is 0.238 e. The van der Waals surface area contributed by atoms with Crippen LogP contribution in [-0.2, 0) is 17.8 Å². The molecule has 0 aromatic heterocycles. The minimum atomic E-state index is -0.0341. The third-order valence-electron chi connectivity index (χ3n) is 4.65. The molecule has 1 aliphatic rings. The molecule has 1 atom stereocenters. The van der Waals surface area contributed by atoms with Crippen molar-refractivity contribution >= 4 is 17.6 Å². The van der Waals surface area contributed by atoms with Gasteiger partial charge in [0, 0.05) is 18.7 Å². The van der Waals surface area contributed by atoms with Crippen LogP contribution in [0.5, 0.6) is 5.75 Å². The molecule has 1 amide bonds. The van der Waals surface area contributed by atoms with E-state index < -0.39 is 0 Å². The molecule has 30 heavy (non-hydrogen) atoms. The number of amides is 1. The maximum Gasteiger partial charge on any atom is 0.238 e. The Balaban J connectivity index is 1.54. The Morgan fingerprint density at radius 3 is 2.77 bits per heavy atom. The van der Waals surface area contributed by atoms with E-state index in [0.717, 1.165) is 35.9 Å². The lowest BCUT2D eigenvalue weighted by Gasteiger charge is -2.15. The SMILES string of the molecule is CCNC(=NCc1cccc(NC(=O)CN(C)C)c1)NCC1Cc2ccccc2O1. The monoisotopic (exact) mass is 409 g/mol. The summed E-state index contributed by atoms with van der Waals surface area (Å²) < 4.78 is 5.99. The third-order valence-corrected chi connectivity index (χ3v) is 4.65. The van der Waals surface area contributed by atoms with Crippen molar-refractivity contribution in [3.8, 4) is 5.75 Å². The molecule has 2 aromatic rings. The Morgan fingerprint density at radius 2 is 2.00 bits per heavy atom. The molecule has 1 aliphatic heterocycles. The van der Waals surface area contributed by atoms with Crippen LogP contribution in [0.1, 0.15) is 18.1 Å². The summed E-state index contributed by atoms with van der Waals surface area (Å²) in [5.74, 6) is 1.69. The van der Waals surface area contributed by atoms with E-state index in [2.05, 4.69) is 27.0 Å². The molecule has 0 saturated carbocycles. The van der Waals surface area contributed by atoms with Crippen LogP contribution in [0.15, 0.2) is 53.5 Å². The molecule has 0 spiro atoms. The number of benzene rings is 2. The van der Waals surface area contributed by atoms with Crippen LogP contribution >= 0.6 is 0 Å². The second-order valence-electron chi connectivity index (χ2n) is 7.61. The van der Waals surface area contributed by atoms with E-state index in [4.69, 9.17) is 4.74 Å². The predicted octanol–water partition coefficient (Wildman–Crippen LogP) is 2.25. The number of carbonyl (C=O) groups is 1. The molecule has 1 heterocycles. The number of nitrogens with one attached hydrogen (secondary N) is 3. The summed E-state index contributed by atoms with van der Waals surface area (Å²) >= 11 is 0. The molecule has 2 aromatic carbocycles. The lowest BCUT2D eigenvalue weighted by Crippen LogP contribution is -2.42. The van der Waals surface area contributed by atoms with E-state index in [1.54, 1.807) is 0 Å². The minimum absolute atomic E-state index is 0.0341. The van der Waals surface area contributed by atoms with E-state index in [9.17, 15) is 4.79 Å². The van der Waals surface area contributed by atoms with Crippen LogP contribution in [0.4, 0.5) is 5.69 Å². The van der Waals surface area contributed by atoms with E-state index in [0.29, 0.717) is 19.6 Å². The van der Waals surface area contributed by atoms with Crippen molar-refractivity contribution in [1.82, 2.24) is 15.5 Å². The van der Waals surface area contributed by atoms with Crippen molar-refractivity contribution in [2.24, 2.45) is 4.99 Å². The molecule has 0 bridgehead atoms. The van der Waals surface area contributed by atoms with Crippen LogP contribution in [0, 0.1) is 0 Å². The molecular weight excluding hydrogens is 378 g/mol. The van der Waals surface area contributed by atoms with Crippen molar-refractivity contribution in [1.29, 1.82) is 0 Å². The van der Waals surface area contributed by atoms with Crippen molar-refractivity contribution in [2.45, 2.75) is 26.0 Å². The molecule has 0 fully saturated rings. The standard InChI is InChI=1S/C23H31N5O2/c1-4-24-23(26-15-20-13-18-9-5-6-11-21(18)30-20)25-14-17-8-7-10-19(12-17)27-22(29)16-28(2)3/h5-12,20H,4,13-16H2,1-3H3,(H,27,29)(H2,24,25,26). The van der Waals surface area contributed by atoms with Crippen LogP contribution in [-0.4, -0.2) is 56.6 Å². The topological polar surface area (TPSA) is 78.0 Å². The van der Waals surface area contributed by atoms with E-state index in [1.807, 2.05) is 68.4 Å². The van der Waals surface area contributed by atoms with Gasteiger partial charge >= 0.3 is 0 Å². The Bertz CT molecular complexity index is 856. The van der Waals surface area contributed by atoms with Gasteiger partial charge in [0.15, 0.2) is 5.96 Å². The average molecular weight is 410 g/mol. The first-order valence-corrected chi connectivity index (χ1v) is 10.3. The summed E-state index contributed by atoms with van der Waals surface area (Å²) in [6, 6.07) is 15.9. The molecule has 160 valence electrons. The van der Waals surface area contributed by atoms with Crippen LogP contribution < -0.4 is 20.7 Å². The number of hydrogen-bond acceptors (Lipinski definition) is 4. The fourth-order valence-corrected chi connectivity index (χ4v) is 3.33. The fourth-order valence-electron chi connectivity index (χ4n) is 3.33. The molecule has 3 rings (SSSR count). The van der Waals surface area contributed by atoms with Gasteiger partial charge in [-0.05, 0) is 50.3 Å². The highest BCUT2D eigenvalue weighted by Gasteiger charge is 2.22. The van der Waals surface area contributed by atoms with Gasteiger partial charge in [0.1, 0.15) is 11.9 Å². The second-order valence-corrected chi connectivity index (χ2v) is 7.61. The molecule has 7 nitrogen and oxygen atoms in total. The Labute approximate surface area is 178 Å². The highest BCUT2D eigenvalue weighted by atomic mass is 16.5. The van der Waals surface area contributed by atoms with Gasteiger partial charge < -0.3 is 25.6 Å². The number of fused-ring (bicyclic) bond motifs is 1. The number of ether oxygens (including phenoxy) is 1. The number of rotatable bonds is 8. The summed E-state index contributed by atoms with van der Waals surface area (Å²) in [5.41, 5.74) is 3.06. The van der Waals surface area contributed by atoms with Crippen molar-refractivity contribution < 1.29 is 9.53 Å². The number of nitrogens with zero attached hydrogens (tertiary/aromatic N) is 2. The maximum absolute atomic E-state index is 12.0. The first-order chi connectivity index (χ1) is 14.5. The highest BCUT2D eigenvalue weighted by molar-refractivity contribution is 5.92. The van der Waals surface area contributed by atoms with Gasteiger partial charge in [0.05, 0.1) is 19.6 Å². The first-order valence-electron chi connectivity index (χ1n) is 10.3. The summed E-state index contributed by atoms with van der Waals surface area (Å²) in [7, 11) is 3.74. The van der Waals surface area contributed by atoms with Gasteiger partial charge in [0.25, 0.3) is 0 Å². The molecule has 1 unspecified atom stereocenters. The van der Waals surface area contributed by atoms with E-state index in [1.165, 1.54) is 5.56 Å². The zero-order chi connectivity index (χ0) is 21.3. The van der Waals surface area contributed by atoms with Gasteiger partial charge in [-0.15, -0.1) is 0 Å². The van der Waals surface area contributed by atoms with Crippen LogP contribution in [0.2, 0.25) is 0 Å². The van der Waals surface area contributed by atoms with Crippen LogP contribution in [0.3, 0.4) is 0 Å². The van der Waals surface area contributed by atoms with Gasteiger partial charge in [-0.25, -0.2) is 4.99 Å². The average Bonchev–Trinajstić information content (AvgIpc) is 3.12. The molecule has 3 N–H and O–H groups in total. The highest BCUT2D eigenvalue weighted by Crippen LogP contribution is 2.27. The zero-order valence-electron chi connectivity index (χ0n) is 17.9. The van der Waals surface area contributed by atoms with E-state index in [-0.39, 0.29) is 12.0 Å². The van der Waals surface area contributed by atoms with Gasteiger partial charge in [-0.3, -0.25) is 4.79 Å². The lowest BCUT2D eigenvalue weighted by atomic mass is 10.1. The molecule has 0 saturated heterocycles. The normalized spacial score (nSPS) is 15.5. The molecule has 0 aliphatic carbocycles.